The van der Waals surface area contributed by atoms with E-state index in [1.807, 2.05) is 0 Å². The zero-order valence-electron chi connectivity index (χ0n) is 15.1. The van der Waals surface area contributed by atoms with Gasteiger partial charge in [-0.25, -0.2) is 20.0 Å². The van der Waals surface area contributed by atoms with Crippen LogP contribution in [-0.4, -0.2) is 34.3 Å². The molecule has 140 valence electrons. The third kappa shape index (κ3) is 7.61. The summed E-state index contributed by atoms with van der Waals surface area (Å²) in [6.07, 6.45) is 1.60. The number of aromatic nitrogens is 1. The minimum atomic E-state index is -0.830. The van der Waals surface area contributed by atoms with Gasteiger partial charge in [0.15, 0.2) is 5.57 Å². The zero-order chi connectivity index (χ0) is 19.7. The zero-order valence-corrected chi connectivity index (χ0v) is 15.1. The van der Waals surface area contributed by atoms with E-state index in [2.05, 4.69) is 10.4 Å². The Morgan fingerprint density at radius 3 is 2.62 bits per heavy atom. The smallest absolute Gasteiger partial charge is 0.426 e. The van der Waals surface area contributed by atoms with E-state index in [-0.39, 0.29) is 18.7 Å². The fraction of sp³-hybridized carbons (Fsp3) is 0.412. The predicted molar refractivity (Wildman–Crippen MR) is 89.4 cm³/mol. The van der Waals surface area contributed by atoms with Gasteiger partial charge in [0, 0.05) is 12.4 Å². The van der Waals surface area contributed by atoms with Crippen molar-refractivity contribution >= 4 is 12.1 Å². The Hall–Kier alpha value is -3.15. The average Bonchev–Trinajstić information content (AvgIpc) is 2.52. The maximum absolute atomic E-state index is 12.9. The molecular weight excluding hydrogens is 343 g/mol. The van der Waals surface area contributed by atoms with Crippen molar-refractivity contribution in [3.8, 4) is 6.07 Å². The van der Waals surface area contributed by atoms with Crippen LogP contribution in [0.2, 0.25) is 0 Å². The van der Waals surface area contributed by atoms with E-state index in [0.717, 1.165) is 12.3 Å². The summed E-state index contributed by atoms with van der Waals surface area (Å²) in [5, 5.41) is 10.3. The molecule has 9 heteroatoms. The van der Waals surface area contributed by atoms with Crippen molar-refractivity contribution in [2.45, 2.75) is 39.8 Å². The number of carbonyl (C=O) groups excluding carboxylic acids is 2. The van der Waals surface area contributed by atoms with Crippen LogP contribution in [-0.2, 0) is 20.8 Å². The molecule has 8 nitrogen and oxygen atoms in total. The summed E-state index contributed by atoms with van der Waals surface area (Å²) in [6.45, 7) is 6.78. The number of ether oxygens (including phenoxy) is 2. The molecule has 0 aliphatic carbocycles. The van der Waals surface area contributed by atoms with Gasteiger partial charge < -0.3 is 9.47 Å². The first-order valence-electron chi connectivity index (χ1n) is 7.80. The van der Waals surface area contributed by atoms with E-state index >= 15 is 0 Å². The molecule has 0 saturated carbocycles. The molecule has 0 unspecified atom stereocenters. The number of esters is 1. The topological polar surface area (TPSA) is 105 Å². The average molecular weight is 364 g/mol. The summed E-state index contributed by atoms with van der Waals surface area (Å²) >= 11 is 0. The number of pyridine rings is 1. The Bertz CT molecular complexity index is 705. The minimum Gasteiger partial charge on any atom is -0.462 e. The number of nitrogens with one attached hydrogen (secondary N) is 1. The van der Waals surface area contributed by atoms with Crippen LogP contribution in [0.5, 0.6) is 0 Å². The summed E-state index contributed by atoms with van der Waals surface area (Å²) in [4.78, 5) is 27.3. The van der Waals surface area contributed by atoms with Crippen molar-refractivity contribution in [3.05, 3.63) is 41.6 Å². The lowest BCUT2D eigenvalue weighted by Crippen LogP contribution is -2.42. The number of amides is 1. The minimum absolute atomic E-state index is 0.0110. The van der Waals surface area contributed by atoms with Gasteiger partial charge in [-0.2, -0.15) is 9.65 Å². The van der Waals surface area contributed by atoms with Gasteiger partial charge in [0.2, 0.25) is 5.95 Å². The van der Waals surface area contributed by atoms with E-state index in [9.17, 15) is 14.0 Å². The predicted octanol–water partition coefficient (Wildman–Crippen LogP) is 2.43. The molecule has 0 aliphatic heterocycles. The van der Waals surface area contributed by atoms with Crippen molar-refractivity contribution in [1.82, 2.24) is 15.4 Å². The lowest BCUT2D eigenvalue weighted by atomic mass is 10.2. The summed E-state index contributed by atoms with van der Waals surface area (Å²) in [5.41, 5.74) is 1.88. The molecule has 0 fully saturated rings. The number of rotatable bonds is 6. The van der Waals surface area contributed by atoms with Crippen molar-refractivity contribution in [2.75, 3.05) is 6.61 Å². The third-order valence-corrected chi connectivity index (χ3v) is 2.68. The van der Waals surface area contributed by atoms with Crippen LogP contribution in [0.3, 0.4) is 0 Å². The van der Waals surface area contributed by atoms with Gasteiger partial charge in [0.1, 0.15) is 11.7 Å². The molecule has 26 heavy (non-hydrogen) atoms. The van der Waals surface area contributed by atoms with E-state index < -0.39 is 23.6 Å². The molecular formula is C17H21FN4O4. The van der Waals surface area contributed by atoms with Crippen LogP contribution in [0.1, 0.15) is 33.3 Å². The van der Waals surface area contributed by atoms with Crippen LogP contribution in [0, 0.1) is 17.3 Å². The summed E-state index contributed by atoms with van der Waals surface area (Å²) in [7, 11) is 0. The Morgan fingerprint density at radius 1 is 1.42 bits per heavy atom. The normalized spacial score (nSPS) is 11.3. The van der Waals surface area contributed by atoms with E-state index in [0.29, 0.717) is 5.56 Å². The van der Waals surface area contributed by atoms with Crippen molar-refractivity contribution < 1.29 is 23.5 Å². The van der Waals surface area contributed by atoms with Crippen molar-refractivity contribution in [1.29, 1.82) is 5.26 Å². The number of hydrazine groups is 1. The maximum atomic E-state index is 12.9. The molecule has 1 aromatic heterocycles. The third-order valence-electron chi connectivity index (χ3n) is 2.68. The van der Waals surface area contributed by atoms with Gasteiger partial charge in [0.05, 0.1) is 13.2 Å². The number of hydrogen-bond acceptors (Lipinski definition) is 7. The molecule has 0 atom stereocenters. The largest absolute Gasteiger partial charge is 0.462 e. The van der Waals surface area contributed by atoms with Crippen molar-refractivity contribution in [3.63, 3.8) is 0 Å². The van der Waals surface area contributed by atoms with E-state index in [1.165, 1.54) is 17.3 Å². The fourth-order valence-electron chi connectivity index (χ4n) is 1.72. The molecule has 0 spiro atoms. The first-order chi connectivity index (χ1) is 12.1. The molecule has 0 radical (unpaired) electrons. The molecule has 1 N–H and O–H groups in total. The lowest BCUT2D eigenvalue weighted by molar-refractivity contribution is -0.138. The molecule has 1 amide bonds. The highest BCUT2D eigenvalue weighted by Gasteiger charge is 2.19. The quantitative estimate of drug-likeness (QED) is 0.272. The highest BCUT2D eigenvalue weighted by atomic mass is 19.1. The number of nitriles is 1. The Morgan fingerprint density at radius 2 is 2.12 bits per heavy atom. The van der Waals surface area contributed by atoms with Gasteiger partial charge in [-0.3, -0.25) is 5.01 Å². The fourth-order valence-corrected chi connectivity index (χ4v) is 1.72. The Balaban J connectivity index is 3.03. The monoisotopic (exact) mass is 364 g/mol. The van der Waals surface area contributed by atoms with Gasteiger partial charge in [-0.1, -0.05) is 6.07 Å². The molecule has 1 heterocycles. The SMILES string of the molecule is CCOC(=O)/C(C#N)=C/N(Cc1ccc(F)nc1)NC(=O)OC(C)(C)C. The van der Waals surface area contributed by atoms with E-state index in [1.54, 1.807) is 33.8 Å². The first-order valence-corrected chi connectivity index (χ1v) is 7.80. The summed E-state index contributed by atoms with van der Waals surface area (Å²) in [6, 6.07) is 4.32. The van der Waals surface area contributed by atoms with Gasteiger partial charge >= 0.3 is 12.1 Å². The van der Waals surface area contributed by atoms with Gasteiger partial charge in [0.25, 0.3) is 0 Å². The maximum Gasteiger partial charge on any atom is 0.426 e. The van der Waals surface area contributed by atoms with E-state index in [4.69, 9.17) is 14.7 Å². The molecule has 0 saturated heterocycles. The first kappa shape index (κ1) is 20.9. The van der Waals surface area contributed by atoms with Crippen LogP contribution in [0.25, 0.3) is 0 Å². The number of halogens is 1. The van der Waals surface area contributed by atoms with Crippen LogP contribution in [0.4, 0.5) is 9.18 Å². The number of carbonyl (C=O) groups is 2. The number of hydrogen-bond donors (Lipinski definition) is 1. The Kier molecular flexibility index (Phi) is 7.52. The molecule has 1 aromatic rings. The molecule has 1 rings (SSSR count). The second-order valence-electron chi connectivity index (χ2n) is 6.11. The van der Waals surface area contributed by atoms with Crippen LogP contribution < -0.4 is 5.43 Å². The van der Waals surface area contributed by atoms with Gasteiger partial charge in [-0.05, 0) is 39.3 Å². The second-order valence-corrected chi connectivity index (χ2v) is 6.11. The lowest BCUT2D eigenvalue weighted by Gasteiger charge is -2.25. The summed E-state index contributed by atoms with van der Waals surface area (Å²) < 4.78 is 22.9. The highest BCUT2D eigenvalue weighted by molar-refractivity contribution is 5.92. The van der Waals surface area contributed by atoms with Crippen LogP contribution >= 0.6 is 0 Å². The molecule has 0 aliphatic rings. The van der Waals surface area contributed by atoms with Gasteiger partial charge in [-0.15, -0.1) is 0 Å². The van der Waals surface area contributed by atoms with Crippen molar-refractivity contribution in [2.24, 2.45) is 0 Å². The highest BCUT2D eigenvalue weighted by Crippen LogP contribution is 2.09. The molecule has 0 bridgehead atoms. The summed E-state index contributed by atoms with van der Waals surface area (Å²) in [5.74, 6) is -1.48. The van der Waals surface area contributed by atoms with Crippen LogP contribution in [0.15, 0.2) is 30.1 Å². The Labute approximate surface area is 151 Å². The molecule has 0 aromatic carbocycles. The standard InChI is InChI=1S/C17H21FN4O4/c1-5-25-15(23)13(8-19)11-22(21-16(24)26-17(2,3)4)10-12-6-7-14(18)20-9-12/h6-7,9,11H,5,10H2,1-4H3,(H,21,24)/b13-11+. The number of nitrogens with zero attached hydrogens (tertiary/aromatic N) is 3. The second kappa shape index (κ2) is 9.36.